The first-order valence-electron chi connectivity index (χ1n) is 10.1. The van der Waals surface area contributed by atoms with Gasteiger partial charge in [0.2, 0.25) is 5.91 Å². The van der Waals surface area contributed by atoms with Crippen LogP contribution in [0.3, 0.4) is 0 Å². The van der Waals surface area contributed by atoms with Crippen molar-refractivity contribution in [1.82, 2.24) is 9.88 Å². The number of para-hydroxylation sites is 2. The topological polar surface area (TPSA) is 45.2 Å². The molecule has 0 aliphatic carbocycles. The number of rotatable bonds is 7. The van der Waals surface area contributed by atoms with Crippen molar-refractivity contribution in [2.45, 2.75) is 19.4 Å². The molecule has 1 unspecified atom stereocenters. The molecular formula is C25H25N3OS. The Morgan fingerprint density at radius 3 is 2.50 bits per heavy atom. The Balaban J connectivity index is 1.42. The molecule has 5 heteroatoms. The molecule has 0 saturated heterocycles. The number of nitrogens with zero attached hydrogens (tertiary/aromatic N) is 2. The van der Waals surface area contributed by atoms with Crippen molar-refractivity contribution >= 4 is 33.1 Å². The van der Waals surface area contributed by atoms with Gasteiger partial charge in [-0.05, 0) is 49.7 Å². The highest BCUT2D eigenvalue weighted by Crippen LogP contribution is 2.28. The van der Waals surface area contributed by atoms with Crippen molar-refractivity contribution in [2.24, 2.45) is 0 Å². The summed E-state index contributed by atoms with van der Waals surface area (Å²) in [6.45, 7) is 2.39. The van der Waals surface area contributed by atoms with E-state index in [1.807, 2.05) is 66.5 Å². The summed E-state index contributed by atoms with van der Waals surface area (Å²) < 4.78 is 1.17. The van der Waals surface area contributed by atoms with Crippen LogP contribution in [-0.2, 0) is 11.2 Å². The lowest BCUT2D eigenvalue weighted by Crippen LogP contribution is -2.32. The van der Waals surface area contributed by atoms with Crippen LogP contribution in [0.1, 0.15) is 29.1 Å². The number of hydrogen-bond acceptors (Lipinski definition) is 4. The zero-order valence-electron chi connectivity index (χ0n) is 17.2. The third-order valence-corrected chi connectivity index (χ3v) is 6.46. The fraction of sp³-hybridized carbons (Fsp3) is 0.200. The first-order chi connectivity index (χ1) is 14.6. The largest absolute Gasteiger partial charge is 0.325 e. The Morgan fingerprint density at radius 2 is 1.70 bits per heavy atom. The number of aromatic nitrogens is 1. The second-order valence-corrected chi connectivity index (χ2v) is 8.54. The lowest BCUT2D eigenvalue weighted by molar-refractivity contribution is -0.117. The third-order valence-electron chi connectivity index (χ3n) is 5.25. The van der Waals surface area contributed by atoms with Gasteiger partial charge in [0, 0.05) is 5.69 Å². The maximum Gasteiger partial charge on any atom is 0.238 e. The fourth-order valence-electron chi connectivity index (χ4n) is 3.42. The van der Waals surface area contributed by atoms with Crippen molar-refractivity contribution in [3.05, 3.63) is 95.0 Å². The number of nitrogens with one attached hydrogen (secondary N) is 1. The molecule has 1 aromatic heterocycles. The van der Waals surface area contributed by atoms with Crippen molar-refractivity contribution in [2.75, 3.05) is 18.9 Å². The molecular weight excluding hydrogens is 390 g/mol. The van der Waals surface area contributed by atoms with Crippen molar-refractivity contribution in [3.63, 3.8) is 0 Å². The molecule has 152 valence electrons. The maximum atomic E-state index is 12.8. The summed E-state index contributed by atoms with van der Waals surface area (Å²) in [7, 11) is 1.96. The Hall–Kier alpha value is -3.02. The molecule has 0 aliphatic rings. The Kier molecular flexibility index (Phi) is 6.21. The van der Waals surface area contributed by atoms with Gasteiger partial charge in [-0.3, -0.25) is 9.69 Å². The van der Waals surface area contributed by atoms with Crippen molar-refractivity contribution in [1.29, 1.82) is 0 Å². The molecule has 4 rings (SSSR count). The average Bonchev–Trinajstić information content (AvgIpc) is 3.19. The molecule has 0 bridgehead atoms. The van der Waals surface area contributed by atoms with Gasteiger partial charge >= 0.3 is 0 Å². The number of thiazole rings is 1. The quantitative estimate of drug-likeness (QED) is 0.432. The minimum Gasteiger partial charge on any atom is -0.325 e. The lowest BCUT2D eigenvalue weighted by Gasteiger charge is -2.22. The number of carbonyl (C=O) groups excluding carboxylic acids is 1. The standard InChI is InChI=1S/C25H25N3OS/c1-18(25-27-22-14-8-9-15-23(22)30-25)28(2)17-24(29)26-21-13-7-6-12-20(21)16-19-10-4-3-5-11-19/h3-15,18H,16-17H2,1-2H3,(H,26,29). The van der Waals surface area contributed by atoms with E-state index in [1.54, 1.807) is 11.3 Å². The average molecular weight is 416 g/mol. The lowest BCUT2D eigenvalue weighted by atomic mass is 10.0. The van der Waals surface area contributed by atoms with Gasteiger partial charge < -0.3 is 5.32 Å². The van der Waals surface area contributed by atoms with E-state index in [-0.39, 0.29) is 11.9 Å². The summed E-state index contributed by atoms with van der Waals surface area (Å²) in [4.78, 5) is 19.5. The minimum atomic E-state index is -0.0222. The van der Waals surface area contributed by atoms with Gasteiger partial charge in [0.25, 0.3) is 0 Å². The smallest absolute Gasteiger partial charge is 0.238 e. The number of hydrogen-bond donors (Lipinski definition) is 1. The number of likely N-dealkylation sites (N-methyl/N-ethyl adjacent to an activating group) is 1. The Bertz CT molecular complexity index is 1110. The van der Waals surface area contributed by atoms with E-state index in [2.05, 4.69) is 36.5 Å². The Morgan fingerprint density at radius 1 is 1.00 bits per heavy atom. The number of benzene rings is 3. The van der Waals surface area contributed by atoms with Crippen LogP contribution in [0.5, 0.6) is 0 Å². The number of carbonyl (C=O) groups is 1. The molecule has 4 aromatic rings. The molecule has 30 heavy (non-hydrogen) atoms. The van der Waals surface area contributed by atoms with Gasteiger partial charge in [0.05, 0.1) is 22.8 Å². The molecule has 1 N–H and O–H groups in total. The molecule has 0 fully saturated rings. The third kappa shape index (κ3) is 4.75. The molecule has 0 aliphatic heterocycles. The van der Waals surface area contributed by atoms with Gasteiger partial charge in [0.1, 0.15) is 5.01 Å². The minimum absolute atomic E-state index is 0.0222. The first-order valence-corrected chi connectivity index (χ1v) is 10.9. The van der Waals surface area contributed by atoms with E-state index < -0.39 is 0 Å². The van der Waals surface area contributed by atoms with E-state index in [0.717, 1.165) is 28.2 Å². The molecule has 0 saturated carbocycles. The highest BCUT2D eigenvalue weighted by molar-refractivity contribution is 7.18. The van der Waals surface area contributed by atoms with E-state index in [0.29, 0.717) is 6.54 Å². The first kappa shape index (κ1) is 20.3. The van der Waals surface area contributed by atoms with Crippen LogP contribution in [0.4, 0.5) is 5.69 Å². The highest BCUT2D eigenvalue weighted by Gasteiger charge is 2.19. The van der Waals surface area contributed by atoms with E-state index >= 15 is 0 Å². The summed E-state index contributed by atoms with van der Waals surface area (Å²) in [6.07, 6.45) is 0.787. The predicted octanol–water partition coefficient (Wildman–Crippen LogP) is 5.52. The predicted molar refractivity (Wildman–Crippen MR) is 125 cm³/mol. The number of amides is 1. The Labute approximate surface area is 181 Å². The van der Waals surface area contributed by atoms with Crippen molar-refractivity contribution in [3.8, 4) is 0 Å². The summed E-state index contributed by atoms with van der Waals surface area (Å²) in [6, 6.07) is 26.5. The normalized spacial score (nSPS) is 12.2. The summed E-state index contributed by atoms with van der Waals surface area (Å²) in [5.74, 6) is -0.0222. The summed E-state index contributed by atoms with van der Waals surface area (Å²) >= 11 is 1.68. The zero-order valence-corrected chi connectivity index (χ0v) is 18.0. The summed E-state index contributed by atoms with van der Waals surface area (Å²) in [5.41, 5.74) is 4.21. The van der Waals surface area contributed by atoms with Crippen LogP contribution in [0.25, 0.3) is 10.2 Å². The van der Waals surface area contributed by atoms with E-state index in [1.165, 1.54) is 10.3 Å². The van der Waals surface area contributed by atoms with Gasteiger partial charge in [-0.2, -0.15) is 0 Å². The molecule has 0 radical (unpaired) electrons. The highest BCUT2D eigenvalue weighted by atomic mass is 32.1. The van der Waals surface area contributed by atoms with Crippen LogP contribution < -0.4 is 5.32 Å². The molecule has 1 heterocycles. The van der Waals surface area contributed by atoms with Crippen LogP contribution in [0.15, 0.2) is 78.9 Å². The number of fused-ring (bicyclic) bond motifs is 1. The van der Waals surface area contributed by atoms with Gasteiger partial charge in [-0.25, -0.2) is 4.98 Å². The summed E-state index contributed by atoms with van der Waals surface area (Å²) in [5, 5.41) is 4.12. The number of anilines is 1. The molecule has 0 spiro atoms. The molecule has 3 aromatic carbocycles. The van der Waals surface area contributed by atoms with Crippen LogP contribution in [0, 0.1) is 0 Å². The zero-order chi connectivity index (χ0) is 20.9. The SMILES string of the molecule is CC(c1nc2ccccc2s1)N(C)CC(=O)Nc1ccccc1Cc1ccccc1. The van der Waals surface area contributed by atoms with E-state index in [4.69, 9.17) is 4.98 Å². The molecule has 1 atom stereocenters. The monoisotopic (exact) mass is 415 g/mol. The molecule has 1 amide bonds. The van der Waals surface area contributed by atoms with Crippen molar-refractivity contribution < 1.29 is 4.79 Å². The second kappa shape index (κ2) is 9.20. The van der Waals surface area contributed by atoms with Gasteiger partial charge in [-0.15, -0.1) is 11.3 Å². The van der Waals surface area contributed by atoms with Crippen LogP contribution >= 0.6 is 11.3 Å². The van der Waals surface area contributed by atoms with Gasteiger partial charge in [0.15, 0.2) is 0 Å². The molecule has 4 nitrogen and oxygen atoms in total. The second-order valence-electron chi connectivity index (χ2n) is 7.48. The fourth-order valence-corrected chi connectivity index (χ4v) is 4.51. The van der Waals surface area contributed by atoms with Crippen LogP contribution in [0.2, 0.25) is 0 Å². The van der Waals surface area contributed by atoms with Gasteiger partial charge in [-0.1, -0.05) is 60.7 Å². The van der Waals surface area contributed by atoms with Crippen LogP contribution in [-0.4, -0.2) is 29.4 Å². The van der Waals surface area contributed by atoms with E-state index in [9.17, 15) is 4.79 Å². The maximum absolute atomic E-state index is 12.8.